The minimum Gasteiger partial charge on any atom is -0.496 e. The Kier molecular flexibility index (Phi) is 7.22. The molecule has 0 radical (unpaired) electrons. The van der Waals surface area contributed by atoms with E-state index in [1.54, 1.807) is 25.3 Å². The van der Waals surface area contributed by atoms with Crippen molar-refractivity contribution in [2.75, 3.05) is 13.7 Å². The quantitative estimate of drug-likeness (QED) is 0.788. The normalized spacial score (nSPS) is 11.6. The van der Waals surface area contributed by atoms with E-state index in [0.717, 1.165) is 6.42 Å². The molecule has 2 amide bonds. The Balaban J connectivity index is 2.44. The lowest BCUT2D eigenvalue weighted by atomic mass is 10.2. The second-order valence-corrected chi connectivity index (χ2v) is 5.59. The van der Waals surface area contributed by atoms with Crippen molar-refractivity contribution in [3.8, 4) is 5.75 Å². The van der Waals surface area contributed by atoms with Gasteiger partial charge in [0, 0.05) is 24.6 Å². The van der Waals surface area contributed by atoms with Gasteiger partial charge in [-0.15, -0.1) is 0 Å². The van der Waals surface area contributed by atoms with E-state index in [9.17, 15) is 9.59 Å². The number of amides is 2. The molecule has 6 heteroatoms. The summed E-state index contributed by atoms with van der Waals surface area (Å²) in [7, 11) is 1.57. The number of methoxy groups -OCH3 is 1. The third kappa shape index (κ3) is 5.75. The molecule has 0 unspecified atom stereocenters. The zero-order valence-corrected chi connectivity index (χ0v) is 14.1. The predicted octanol–water partition coefficient (Wildman–Crippen LogP) is 2.49. The first-order valence-electron chi connectivity index (χ1n) is 6.89. The first-order valence-corrected chi connectivity index (χ1v) is 7.68. The van der Waals surface area contributed by atoms with E-state index in [1.807, 2.05) is 13.8 Å². The molecule has 0 fully saturated rings. The third-order valence-corrected chi connectivity index (χ3v) is 3.69. The van der Waals surface area contributed by atoms with Gasteiger partial charge in [-0.2, -0.15) is 0 Å². The van der Waals surface area contributed by atoms with Crippen LogP contribution in [0.1, 0.15) is 37.0 Å². The summed E-state index contributed by atoms with van der Waals surface area (Å²) in [4.78, 5) is 23.5. The molecule has 0 aromatic heterocycles. The van der Waals surface area contributed by atoms with Crippen LogP contribution in [0.5, 0.6) is 5.75 Å². The molecule has 0 bridgehead atoms. The highest BCUT2D eigenvalue weighted by molar-refractivity contribution is 9.10. The van der Waals surface area contributed by atoms with E-state index >= 15 is 0 Å². The van der Waals surface area contributed by atoms with Crippen LogP contribution in [-0.4, -0.2) is 31.5 Å². The van der Waals surface area contributed by atoms with Gasteiger partial charge in [-0.05, 0) is 47.5 Å². The summed E-state index contributed by atoms with van der Waals surface area (Å²) in [5.41, 5.74) is 0.519. The van der Waals surface area contributed by atoms with Gasteiger partial charge in [-0.1, -0.05) is 6.92 Å². The van der Waals surface area contributed by atoms with Crippen LogP contribution in [0.4, 0.5) is 0 Å². The summed E-state index contributed by atoms with van der Waals surface area (Å²) in [6, 6.07) is 5.24. The molecule has 0 aliphatic carbocycles. The molecule has 0 aliphatic rings. The molecule has 116 valence electrons. The maximum Gasteiger partial charge on any atom is 0.251 e. The van der Waals surface area contributed by atoms with E-state index in [4.69, 9.17) is 4.74 Å². The van der Waals surface area contributed by atoms with Crippen molar-refractivity contribution in [1.82, 2.24) is 10.6 Å². The van der Waals surface area contributed by atoms with E-state index in [0.29, 0.717) is 22.3 Å². The van der Waals surface area contributed by atoms with E-state index < -0.39 is 0 Å². The highest BCUT2D eigenvalue weighted by Crippen LogP contribution is 2.25. The monoisotopic (exact) mass is 356 g/mol. The Morgan fingerprint density at radius 1 is 1.38 bits per heavy atom. The number of hydrogen-bond acceptors (Lipinski definition) is 3. The number of hydrogen-bond donors (Lipinski definition) is 2. The van der Waals surface area contributed by atoms with Crippen LogP contribution in [0.3, 0.4) is 0 Å². The topological polar surface area (TPSA) is 67.4 Å². The van der Waals surface area contributed by atoms with Crippen LogP contribution in [0.25, 0.3) is 0 Å². The van der Waals surface area contributed by atoms with E-state index in [1.165, 1.54) is 0 Å². The fraction of sp³-hybridized carbons (Fsp3) is 0.467. The van der Waals surface area contributed by atoms with Crippen LogP contribution in [0.2, 0.25) is 0 Å². The molecule has 1 atom stereocenters. The molecule has 0 heterocycles. The second-order valence-electron chi connectivity index (χ2n) is 4.73. The average molecular weight is 357 g/mol. The van der Waals surface area contributed by atoms with Crippen molar-refractivity contribution in [2.24, 2.45) is 0 Å². The molecule has 1 aromatic carbocycles. The molecule has 1 rings (SSSR count). The highest BCUT2D eigenvalue weighted by atomic mass is 79.9. The van der Waals surface area contributed by atoms with Gasteiger partial charge in [-0.25, -0.2) is 0 Å². The maximum absolute atomic E-state index is 12.0. The zero-order chi connectivity index (χ0) is 15.8. The number of rotatable bonds is 7. The Bertz CT molecular complexity index is 506. The van der Waals surface area contributed by atoms with Crippen LogP contribution in [0, 0.1) is 0 Å². The van der Waals surface area contributed by atoms with Crippen LogP contribution >= 0.6 is 15.9 Å². The van der Waals surface area contributed by atoms with Gasteiger partial charge in [0.15, 0.2) is 0 Å². The number of carbonyl (C=O) groups excluding carboxylic acids is 2. The summed E-state index contributed by atoms with van der Waals surface area (Å²) in [5.74, 6) is 0.398. The fourth-order valence-corrected chi connectivity index (χ4v) is 2.19. The van der Waals surface area contributed by atoms with Crippen LogP contribution < -0.4 is 15.4 Å². The van der Waals surface area contributed by atoms with Crippen molar-refractivity contribution in [1.29, 1.82) is 0 Å². The largest absolute Gasteiger partial charge is 0.496 e. The minimum atomic E-state index is -0.213. The van der Waals surface area contributed by atoms with Crippen molar-refractivity contribution >= 4 is 27.7 Å². The summed E-state index contributed by atoms with van der Waals surface area (Å²) in [6.45, 7) is 4.27. The minimum absolute atomic E-state index is 0.0550. The molecular formula is C15H21BrN2O3. The van der Waals surface area contributed by atoms with Crippen molar-refractivity contribution in [2.45, 2.75) is 32.7 Å². The van der Waals surface area contributed by atoms with Crippen LogP contribution in [0.15, 0.2) is 22.7 Å². The van der Waals surface area contributed by atoms with Gasteiger partial charge in [0.2, 0.25) is 5.91 Å². The number of halogens is 1. The zero-order valence-electron chi connectivity index (χ0n) is 12.5. The Labute approximate surface area is 133 Å². The predicted molar refractivity (Wildman–Crippen MR) is 85.5 cm³/mol. The molecule has 0 spiro atoms. The molecule has 0 aliphatic heterocycles. The first-order chi connectivity index (χ1) is 9.97. The van der Waals surface area contributed by atoms with Crippen molar-refractivity contribution in [3.63, 3.8) is 0 Å². The molecule has 5 nitrogen and oxygen atoms in total. The highest BCUT2D eigenvalue weighted by Gasteiger charge is 2.10. The molecule has 1 aromatic rings. The van der Waals surface area contributed by atoms with Gasteiger partial charge < -0.3 is 15.4 Å². The molecule has 2 N–H and O–H groups in total. The number of carbonyl (C=O) groups is 2. The average Bonchev–Trinajstić information content (AvgIpc) is 2.46. The second kappa shape index (κ2) is 8.67. The Morgan fingerprint density at radius 2 is 2.10 bits per heavy atom. The standard InChI is InChI=1S/C15H21BrN2O3/c1-4-10(2)18-14(19)7-8-17-15(20)11-5-6-13(21-3)12(16)9-11/h5-6,9-10H,4,7-8H2,1-3H3,(H,17,20)(H,18,19)/t10-/m0/s1. The lowest BCUT2D eigenvalue weighted by Gasteiger charge is -2.11. The fourth-order valence-electron chi connectivity index (χ4n) is 1.65. The van der Waals surface area contributed by atoms with E-state index in [-0.39, 0.29) is 24.3 Å². The summed E-state index contributed by atoms with van der Waals surface area (Å²) >= 11 is 3.33. The Hall–Kier alpha value is -1.56. The number of ether oxygens (including phenoxy) is 1. The molecule has 0 saturated heterocycles. The molecular weight excluding hydrogens is 336 g/mol. The van der Waals surface area contributed by atoms with Crippen LogP contribution in [-0.2, 0) is 4.79 Å². The summed E-state index contributed by atoms with van der Waals surface area (Å²) < 4.78 is 5.82. The van der Waals surface area contributed by atoms with Gasteiger partial charge in [-0.3, -0.25) is 9.59 Å². The van der Waals surface area contributed by atoms with Gasteiger partial charge in [0.05, 0.1) is 11.6 Å². The van der Waals surface area contributed by atoms with Gasteiger partial charge in [0.1, 0.15) is 5.75 Å². The van der Waals surface area contributed by atoms with Gasteiger partial charge in [0.25, 0.3) is 5.91 Å². The Morgan fingerprint density at radius 3 is 2.67 bits per heavy atom. The number of nitrogens with one attached hydrogen (secondary N) is 2. The lowest BCUT2D eigenvalue weighted by molar-refractivity contribution is -0.121. The first kappa shape index (κ1) is 17.5. The summed E-state index contributed by atoms with van der Waals surface area (Å²) in [5, 5.41) is 5.58. The lowest BCUT2D eigenvalue weighted by Crippen LogP contribution is -2.35. The smallest absolute Gasteiger partial charge is 0.251 e. The summed E-state index contributed by atoms with van der Waals surface area (Å²) in [6.07, 6.45) is 1.16. The maximum atomic E-state index is 12.0. The third-order valence-electron chi connectivity index (χ3n) is 3.07. The number of benzene rings is 1. The molecule has 21 heavy (non-hydrogen) atoms. The van der Waals surface area contributed by atoms with Gasteiger partial charge >= 0.3 is 0 Å². The van der Waals surface area contributed by atoms with E-state index in [2.05, 4.69) is 26.6 Å². The molecule has 0 saturated carbocycles. The van der Waals surface area contributed by atoms with Crippen molar-refractivity contribution < 1.29 is 14.3 Å². The SMILES string of the molecule is CC[C@H](C)NC(=O)CCNC(=O)c1ccc(OC)c(Br)c1. The van der Waals surface area contributed by atoms with Crippen molar-refractivity contribution in [3.05, 3.63) is 28.2 Å².